The van der Waals surface area contributed by atoms with Crippen molar-refractivity contribution in [3.05, 3.63) is 54.1 Å². The van der Waals surface area contributed by atoms with Crippen LogP contribution in [0.1, 0.15) is 24.8 Å². The number of unbranched alkanes of at least 4 members (excludes halogenated alkanes) is 1. The van der Waals surface area contributed by atoms with Crippen LogP contribution in [0.2, 0.25) is 0 Å². The van der Waals surface area contributed by atoms with E-state index in [1.807, 2.05) is 29.2 Å². The molecule has 0 radical (unpaired) electrons. The molecule has 1 saturated heterocycles. The molecule has 0 bridgehead atoms. The normalized spacial score (nSPS) is 14.2. The maximum atomic E-state index is 12.6. The van der Waals surface area contributed by atoms with E-state index in [0.717, 1.165) is 11.3 Å². The lowest BCUT2D eigenvalue weighted by Gasteiger charge is -2.23. The van der Waals surface area contributed by atoms with Crippen LogP contribution in [-0.2, 0) is 20.9 Å². The number of para-hydroxylation sites is 1. The van der Waals surface area contributed by atoms with Crippen molar-refractivity contribution in [2.45, 2.75) is 25.8 Å². The standard InChI is InChI=1S/C23H24N4O5/c28-20-14-26-13-16-9-10-18(12-19(16)24-23(26)25-20)32-11-5-4-8-21(29)27(15-22(30)31)17-6-2-1-3-7-17/h1-3,6-7,9-10,12H,4-5,8,11,13-15H2,(H,30,31)(H,24,25,28). The number of carboxylic acids is 1. The highest BCUT2D eigenvalue weighted by atomic mass is 16.5. The molecule has 0 atom stereocenters. The fraction of sp³-hybridized carbons (Fsp3) is 0.304. The number of benzene rings is 2. The maximum absolute atomic E-state index is 12.6. The highest BCUT2D eigenvalue weighted by molar-refractivity contribution is 6.05. The molecule has 0 saturated carbocycles. The summed E-state index contributed by atoms with van der Waals surface area (Å²) < 4.78 is 5.81. The van der Waals surface area contributed by atoms with Crippen LogP contribution in [0.4, 0.5) is 11.4 Å². The van der Waals surface area contributed by atoms with Gasteiger partial charge in [-0.25, -0.2) is 4.99 Å². The summed E-state index contributed by atoms with van der Waals surface area (Å²) in [5.41, 5.74) is 2.38. The van der Waals surface area contributed by atoms with Gasteiger partial charge in [0.25, 0.3) is 0 Å². The van der Waals surface area contributed by atoms with Crippen molar-refractivity contribution in [2.24, 2.45) is 4.99 Å². The van der Waals surface area contributed by atoms with Crippen LogP contribution in [0, 0.1) is 0 Å². The van der Waals surface area contributed by atoms with Gasteiger partial charge in [0.1, 0.15) is 18.8 Å². The predicted octanol–water partition coefficient (Wildman–Crippen LogP) is 2.29. The summed E-state index contributed by atoms with van der Waals surface area (Å²) >= 11 is 0. The summed E-state index contributed by atoms with van der Waals surface area (Å²) in [6.07, 6.45) is 1.46. The average Bonchev–Trinajstić information content (AvgIpc) is 3.14. The molecule has 0 aliphatic carbocycles. The van der Waals surface area contributed by atoms with E-state index in [1.165, 1.54) is 4.90 Å². The van der Waals surface area contributed by atoms with Crippen molar-refractivity contribution >= 4 is 35.1 Å². The molecule has 9 heteroatoms. The number of rotatable bonds is 9. The van der Waals surface area contributed by atoms with Gasteiger partial charge in [-0.05, 0) is 36.6 Å². The first-order valence-electron chi connectivity index (χ1n) is 10.5. The van der Waals surface area contributed by atoms with Gasteiger partial charge in [0, 0.05) is 24.7 Å². The number of hydrogen-bond donors (Lipinski definition) is 2. The van der Waals surface area contributed by atoms with Crippen LogP contribution in [0.25, 0.3) is 0 Å². The van der Waals surface area contributed by atoms with Crippen molar-refractivity contribution in [3.63, 3.8) is 0 Å². The van der Waals surface area contributed by atoms with E-state index in [9.17, 15) is 14.4 Å². The summed E-state index contributed by atoms with van der Waals surface area (Å²) in [6.45, 7) is 1.01. The van der Waals surface area contributed by atoms with E-state index in [2.05, 4.69) is 10.3 Å². The number of carboxylic acid groups (broad SMARTS) is 1. The zero-order valence-electron chi connectivity index (χ0n) is 17.5. The summed E-state index contributed by atoms with van der Waals surface area (Å²) in [7, 11) is 0. The number of ether oxygens (including phenoxy) is 1. The second-order valence-corrected chi connectivity index (χ2v) is 7.64. The van der Waals surface area contributed by atoms with E-state index in [4.69, 9.17) is 9.84 Å². The molecule has 2 aliphatic heterocycles. The molecule has 2 aromatic carbocycles. The predicted molar refractivity (Wildman–Crippen MR) is 118 cm³/mol. The van der Waals surface area contributed by atoms with E-state index in [-0.39, 0.29) is 24.8 Å². The Morgan fingerprint density at radius 1 is 1.12 bits per heavy atom. The van der Waals surface area contributed by atoms with Crippen LogP contribution in [0.3, 0.4) is 0 Å². The molecule has 2 heterocycles. The molecule has 2 aromatic rings. The Labute approximate surface area is 185 Å². The first-order chi connectivity index (χ1) is 15.5. The smallest absolute Gasteiger partial charge is 0.323 e. The van der Waals surface area contributed by atoms with E-state index < -0.39 is 5.97 Å². The molecular formula is C23H24N4O5. The topological polar surface area (TPSA) is 112 Å². The molecular weight excluding hydrogens is 412 g/mol. The van der Waals surface area contributed by atoms with Gasteiger partial charge in [-0.15, -0.1) is 0 Å². The molecule has 2 N–H and O–H groups in total. The zero-order chi connectivity index (χ0) is 22.5. The van der Waals surface area contributed by atoms with Crippen molar-refractivity contribution in [1.29, 1.82) is 0 Å². The van der Waals surface area contributed by atoms with Gasteiger partial charge in [0.15, 0.2) is 0 Å². The number of nitrogens with zero attached hydrogens (tertiary/aromatic N) is 3. The van der Waals surface area contributed by atoms with Gasteiger partial charge >= 0.3 is 5.97 Å². The lowest BCUT2D eigenvalue weighted by Crippen LogP contribution is -2.35. The third-order valence-corrected chi connectivity index (χ3v) is 5.25. The second-order valence-electron chi connectivity index (χ2n) is 7.64. The molecule has 166 valence electrons. The van der Waals surface area contributed by atoms with E-state index in [1.54, 1.807) is 24.3 Å². The minimum Gasteiger partial charge on any atom is -0.494 e. The SMILES string of the molecule is O=C(O)CN(C(=O)CCCCOc1ccc2c(c1)N=C1NC(=O)CN1C2)c1ccccc1. The number of carbonyl (C=O) groups excluding carboxylic acids is 2. The number of nitrogens with one attached hydrogen (secondary N) is 1. The quantitative estimate of drug-likeness (QED) is 0.584. The van der Waals surface area contributed by atoms with Gasteiger partial charge in [-0.3, -0.25) is 19.7 Å². The van der Waals surface area contributed by atoms with Crippen LogP contribution in [0.5, 0.6) is 5.75 Å². The number of amides is 2. The molecule has 0 unspecified atom stereocenters. The van der Waals surface area contributed by atoms with Crippen LogP contribution < -0.4 is 15.0 Å². The van der Waals surface area contributed by atoms with Crippen molar-refractivity contribution < 1.29 is 24.2 Å². The molecule has 1 fully saturated rings. The largest absolute Gasteiger partial charge is 0.494 e. The molecule has 0 spiro atoms. The monoisotopic (exact) mass is 436 g/mol. The minimum atomic E-state index is -1.05. The molecule has 2 aliphatic rings. The Morgan fingerprint density at radius 2 is 1.94 bits per heavy atom. The minimum absolute atomic E-state index is 0.0586. The molecule has 2 amide bonds. The Kier molecular flexibility index (Phi) is 6.34. The zero-order valence-corrected chi connectivity index (χ0v) is 17.5. The molecule has 32 heavy (non-hydrogen) atoms. The van der Waals surface area contributed by atoms with Crippen LogP contribution in [-0.4, -0.2) is 53.4 Å². The van der Waals surface area contributed by atoms with Crippen LogP contribution in [0.15, 0.2) is 53.5 Å². The van der Waals surface area contributed by atoms with Crippen molar-refractivity contribution in [2.75, 3.05) is 24.6 Å². The Balaban J connectivity index is 1.26. The van der Waals surface area contributed by atoms with Gasteiger partial charge in [0.05, 0.1) is 12.3 Å². The maximum Gasteiger partial charge on any atom is 0.323 e. The lowest BCUT2D eigenvalue weighted by atomic mass is 10.1. The first kappa shape index (κ1) is 21.4. The molecule has 9 nitrogen and oxygen atoms in total. The van der Waals surface area contributed by atoms with Gasteiger partial charge in [0.2, 0.25) is 17.8 Å². The number of aliphatic imine (C=N–C) groups is 1. The highest BCUT2D eigenvalue weighted by Gasteiger charge is 2.29. The van der Waals surface area contributed by atoms with Crippen molar-refractivity contribution in [3.8, 4) is 5.75 Å². The number of carbonyl (C=O) groups is 3. The van der Waals surface area contributed by atoms with Crippen LogP contribution >= 0.6 is 0 Å². The van der Waals surface area contributed by atoms with Gasteiger partial charge < -0.3 is 19.6 Å². The number of fused-ring (bicyclic) bond motifs is 2. The summed E-state index contributed by atoms with van der Waals surface area (Å²) in [6, 6.07) is 14.5. The van der Waals surface area contributed by atoms with E-state index >= 15 is 0 Å². The summed E-state index contributed by atoms with van der Waals surface area (Å²) in [4.78, 5) is 42.9. The third-order valence-electron chi connectivity index (χ3n) is 5.25. The fourth-order valence-electron chi connectivity index (χ4n) is 3.68. The Hall–Kier alpha value is -3.88. The highest BCUT2D eigenvalue weighted by Crippen LogP contribution is 2.30. The average molecular weight is 436 g/mol. The molecule has 4 rings (SSSR count). The number of hydrogen-bond acceptors (Lipinski definition) is 6. The van der Waals surface area contributed by atoms with Gasteiger partial charge in [-0.2, -0.15) is 0 Å². The number of aliphatic carboxylic acids is 1. The summed E-state index contributed by atoms with van der Waals surface area (Å²) in [5, 5.41) is 11.9. The number of guanidine groups is 1. The molecule has 0 aromatic heterocycles. The third kappa shape index (κ3) is 5.05. The lowest BCUT2D eigenvalue weighted by molar-refractivity contribution is -0.136. The van der Waals surface area contributed by atoms with E-state index in [0.29, 0.717) is 49.9 Å². The Bertz CT molecular complexity index is 1050. The fourth-order valence-corrected chi connectivity index (χ4v) is 3.68. The first-order valence-corrected chi connectivity index (χ1v) is 10.5. The Morgan fingerprint density at radius 3 is 2.72 bits per heavy atom. The number of anilines is 1. The van der Waals surface area contributed by atoms with Crippen molar-refractivity contribution in [1.82, 2.24) is 10.2 Å². The summed E-state index contributed by atoms with van der Waals surface area (Å²) in [5.74, 6) is -0.0959. The van der Waals surface area contributed by atoms with Gasteiger partial charge in [-0.1, -0.05) is 24.3 Å². The second kappa shape index (κ2) is 9.51.